The van der Waals surface area contributed by atoms with Gasteiger partial charge in [-0.05, 0) is 35.2 Å². The highest BCUT2D eigenvalue weighted by Crippen LogP contribution is 2.26. The van der Waals surface area contributed by atoms with Gasteiger partial charge in [-0.2, -0.15) is 0 Å². The maximum Gasteiger partial charge on any atom is 0.0962 e. The third kappa shape index (κ3) is 4.47. The minimum atomic E-state index is -0.564. The second-order valence-electron chi connectivity index (χ2n) is 5.34. The van der Waals surface area contributed by atoms with Crippen LogP contribution in [0.2, 0.25) is 5.02 Å². The molecule has 0 aliphatic heterocycles. The molecule has 2 aromatic rings. The zero-order chi connectivity index (χ0) is 15.4. The van der Waals surface area contributed by atoms with Crippen molar-refractivity contribution in [2.45, 2.75) is 25.9 Å². The zero-order valence-electron chi connectivity index (χ0n) is 12.1. The summed E-state index contributed by atoms with van der Waals surface area (Å²) >= 11 is 9.51. The molecule has 21 heavy (non-hydrogen) atoms. The topological polar surface area (TPSA) is 32.3 Å². The third-order valence-corrected chi connectivity index (χ3v) is 4.21. The summed E-state index contributed by atoms with van der Waals surface area (Å²) in [6.45, 7) is 4.73. The van der Waals surface area contributed by atoms with E-state index in [2.05, 4.69) is 47.2 Å². The van der Waals surface area contributed by atoms with Gasteiger partial charge < -0.3 is 10.4 Å². The van der Waals surface area contributed by atoms with Gasteiger partial charge >= 0.3 is 0 Å². The molecule has 112 valence electrons. The van der Waals surface area contributed by atoms with E-state index in [1.807, 2.05) is 30.3 Å². The zero-order valence-corrected chi connectivity index (χ0v) is 14.4. The average molecular weight is 369 g/mol. The molecule has 0 aliphatic rings. The van der Waals surface area contributed by atoms with Crippen LogP contribution in [0.1, 0.15) is 37.0 Å². The van der Waals surface area contributed by atoms with Crippen LogP contribution < -0.4 is 5.32 Å². The first-order valence-electron chi connectivity index (χ1n) is 6.94. The quantitative estimate of drug-likeness (QED) is 0.743. The lowest BCUT2D eigenvalue weighted by molar-refractivity contribution is 0.191. The minimum absolute atomic E-state index is 0.419. The lowest BCUT2D eigenvalue weighted by Gasteiger charge is -2.15. The molecule has 0 aliphatic carbocycles. The van der Waals surface area contributed by atoms with Crippen LogP contribution in [-0.4, -0.2) is 11.7 Å². The predicted molar refractivity (Wildman–Crippen MR) is 93.1 cm³/mol. The summed E-state index contributed by atoms with van der Waals surface area (Å²) in [5.41, 5.74) is 2.99. The molecule has 1 atom stereocenters. The van der Waals surface area contributed by atoms with E-state index in [0.717, 1.165) is 15.7 Å². The van der Waals surface area contributed by atoms with E-state index in [1.165, 1.54) is 5.56 Å². The van der Waals surface area contributed by atoms with Gasteiger partial charge in [-0.1, -0.05) is 65.6 Å². The van der Waals surface area contributed by atoms with E-state index in [1.54, 1.807) is 0 Å². The molecule has 0 heterocycles. The summed E-state index contributed by atoms with van der Waals surface area (Å²) in [6.07, 6.45) is -0.564. The highest BCUT2D eigenvalue weighted by Gasteiger charge is 2.09. The molecule has 0 bridgehead atoms. The minimum Gasteiger partial charge on any atom is -0.387 e. The molecule has 1 unspecified atom stereocenters. The Morgan fingerprint density at radius 1 is 1.10 bits per heavy atom. The van der Waals surface area contributed by atoms with Gasteiger partial charge in [-0.25, -0.2) is 0 Å². The summed E-state index contributed by atoms with van der Waals surface area (Å²) in [4.78, 5) is 0. The molecule has 0 fully saturated rings. The second-order valence-corrected chi connectivity index (χ2v) is 6.67. The summed E-state index contributed by atoms with van der Waals surface area (Å²) in [5, 5.41) is 14.0. The standard InChI is InChI=1S/C17H19BrClNO/c1-11(2)12-3-5-13(6-4-12)17(21)10-20-16-8-7-14(18)9-15(16)19/h3-9,11,17,20-21H,10H2,1-2H3. The molecule has 0 radical (unpaired) electrons. The van der Waals surface area contributed by atoms with Gasteiger partial charge in [0.25, 0.3) is 0 Å². The fourth-order valence-corrected chi connectivity index (χ4v) is 2.80. The van der Waals surface area contributed by atoms with Crippen molar-refractivity contribution < 1.29 is 5.11 Å². The van der Waals surface area contributed by atoms with Gasteiger partial charge in [0, 0.05) is 11.0 Å². The van der Waals surface area contributed by atoms with Gasteiger partial charge in [0.2, 0.25) is 0 Å². The largest absolute Gasteiger partial charge is 0.387 e. The summed E-state index contributed by atoms with van der Waals surface area (Å²) < 4.78 is 0.933. The van der Waals surface area contributed by atoms with E-state index in [9.17, 15) is 5.11 Å². The smallest absolute Gasteiger partial charge is 0.0962 e. The molecule has 0 spiro atoms. The normalized spacial score (nSPS) is 12.5. The van der Waals surface area contributed by atoms with Crippen molar-refractivity contribution in [2.24, 2.45) is 0 Å². The fraction of sp³-hybridized carbons (Fsp3) is 0.294. The Labute approximate surface area is 139 Å². The van der Waals surface area contributed by atoms with Gasteiger partial charge in [-0.15, -0.1) is 0 Å². The monoisotopic (exact) mass is 367 g/mol. The van der Waals surface area contributed by atoms with Crippen LogP contribution >= 0.6 is 27.5 Å². The summed E-state index contributed by atoms with van der Waals surface area (Å²) in [5.74, 6) is 0.496. The molecule has 0 saturated heterocycles. The van der Waals surface area contributed by atoms with Crippen LogP contribution in [0.3, 0.4) is 0 Å². The van der Waals surface area contributed by atoms with Crippen molar-refractivity contribution >= 4 is 33.2 Å². The molecule has 2 nitrogen and oxygen atoms in total. The van der Waals surface area contributed by atoms with Crippen LogP contribution in [0.15, 0.2) is 46.9 Å². The Bertz CT molecular complexity index is 598. The predicted octanol–water partition coefficient (Wildman–Crippen LogP) is 5.37. The van der Waals surface area contributed by atoms with Gasteiger partial charge in [0.1, 0.15) is 0 Å². The third-order valence-electron chi connectivity index (χ3n) is 3.40. The highest BCUT2D eigenvalue weighted by molar-refractivity contribution is 9.10. The number of anilines is 1. The number of aliphatic hydroxyl groups excluding tert-OH is 1. The fourth-order valence-electron chi connectivity index (χ4n) is 2.06. The van der Waals surface area contributed by atoms with Crippen LogP contribution in [0.4, 0.5) is 5.69 Å². The second kappa shape index (κ2) is 7.30. The van der Waals surface area contributed by atoms with Crippen LogP contribution in [-0.2, 0) is 0 Å². The molecule has 0 amide bonds. The van der Waals surface area contributed by atoms with Gasteiger partial charge in [0.05, 0.1) is 16.8 Å². The van der Waals surface area contributed by atoms with Gasteiger partial charge in [-0.3, -0.25) is 0 Å². The number of halogens is 2. The van der Waals surface area contributed by atoms with E-state index in [-0.39, 0.29) is 0 Å². The van der Waals surface area contributed by atoms with Gasteiger partial charge in [0.15, 0.2) is 0 Å². The average Bonchev–Trinajstić information content (AvgIpc) is 2.46. The number of aliphatic hydroxyl groups is 1. The molecular weight excluding hydrogens is 350 g/mol. The number of benzene rings is 2. The SMILES string of the molecule is CC(C)c1ccc(C(O)CNc2ccc(Br)cc2Cl)cc1. The molecule has 2 rings (SSSR count). The first kappa shape index (κ1) is 16.3. The number of nitrogens with one attached hydrogen (secondary N) is 1. The maximum absolute atomic E-state index is 10.2. The molecule has 2 aromatic carbocycles. The first-order chi connectivity index (χ1) is 9.97. The lowest BCUT2D eigenvalue weighted by Crippen LogP contribution is -2.12. The maximum atomic E-state index is 10.2. The van der Waals surface area contributed by atoms with Crippen molar-refractivity contribution in [3.8, 4) is 0 Å². The Morgan fingerprint density at radius 3 is 2.29 bits per heavy atom. The van der Waals surface area contributed by atoms with Crippen LogP contribution in [0, 0.1) is 0 Å². The lowest BCUT2D eigenvalue weighted by atomic mass is 10.00. The van der Waals surface area contributed by atoms with Crippen molar-refractivity contribution in [3.05, 3.63) is 63.1 Å². The Morgan fingerprint density at radius 2 is 1.71 bits per heavy atom. The van der Waals surface area contributed by atoms with Crippen LogP contribution in [0.5, 0.6) is 0 Å². The number of rotatable bonds is 5. The highest BCUT2D eigenvalue weighted by atomic mass is 79.9. The Hall–Kier alpha value is -1.03. The van der Waals surface area contributed by atoms with Crippen molar-refractivity contribution in [2.75, 3.05) is 11.9 Å². The van der Waals surface area contributed by atoms with Crippen molar-refractivity contribution in [3.63, 3.8) is 0 Å². The Kier molecular flexibility index (Phi) is 5.68. The molecule has 0 aromatic heterocycles. The van der Waals surface area contributed by atoms with Crippen molar-refractivity contribution in [1.82, 2.24) is 0 Å². The Balaban J connectivity index is 1.99. The van der Waals surface area contributed by atoms with Crippen LogP contribution in [0.25, 0.3) is 0 Å². The number of hydrogen-bond acceptors (Lipinski definition) is 2. The first-order valence-corrected chi connectivity index (χ1v) is 8.11. The van der Waals surface area contributed by atoms with Crippen molar-refractivity contribution in [1.29, 1.82) is 0 Å². The van der Waals surface area contributed by atoms with E-state index in [4.69, 9.17) is 11.6 Å². The van der Waals surface area contributed by atoms with E-state index < -0.39 is 6.10 Å². The molecular formula is C17H19BrClNO. The summed E-state index contributed by atoms with van der Waals surface area (Å²) in [6, 6.07) is 13.7. The van der Waals surface area contributed by atoms with E-state index in [0.29, 0.717) is 17.5 Å². The molecule has 0 saturated carbocycles. The van der Waals surface area contributed by atoms with E-state index >= 15 is 0 Å². The molecule has 4 heteroatoms. The molecule has 2 N–H and O–H groups in total. The summed E-state index contributed by atoms with van der Waals surface area (Å²) in [7, 11) is 0. The number of hydrogen-bond donors (Lipinski definition) is 2.